The highest BCUT2D eigenvalue weighted by molar-refractivity contribution is 7.48. The van der Waals surface area contributed by atoms with Crippen molar-refractivity contribution >= 4 is 15.6 Å². The summed E-state index contributed by atoms with van der Waals surface area (Å²) >= 11 is 0. The van der Waals surface area contributed by atoms with Gasteiger partial charge in [0.15, 0.2) is 0 Å². The molecule has 17 heteroatoms. The Morgan fingerprint density at radius 1 is 0.421 bits per heavy atom. The molecular formula is C40H50O15P2. The van der Waals surface area contributed by atoms with Gasteiger partial charge in [-0.05, 0) is 22.3 Å². The van der Waals surface area contributed by atoms with E-state index in [1.165, 1.54) is 21.3 Å². The molecule has 1 aliphatic carbocycles. The third-order valence-electron chi connectivity index (χ3n) is 8.53. The largest absolute Gasteiger partial charge is 0.475 e. The van der Waals surface area contributed by atoms with Crippen molar-refractivity contribution < 1.29 is 69.8 Å². The number of aliphatic hydroxyl groups is 1. The zero-order chi connectivity index (χ0) is 40.4. The molecule has 0 heterocycles. The minimum absolute atomic E-state index is 0.191. The average molecular weight is 833 g/mol. The monoisotopic (exact) mass is 832 g/mol. The molecule has 0 spiro atoms. The summed E-state index contributed by atoms with van der Waals surface area (Å²) in [7, 11) is -5.18. The van der Waals surface area contributed by atoms with Crippen LogP contribution in [0.1, 0.15) is 22.3 Å². The van der Waals surface area contributed by atoms with Crippen molar-refractivity contribution in [1.82, 2.24) is 0 Å². The molecule has 1 saturated carbocycles. The van der Waals surface area contributed by atoms with Crippen molar-refractivity contribution in [3.63, 3.8) is 0 Å². The zero-order valence-electron chi connectivity index (χ0n) is 32.0. The number of hydrogen-bond donors (Lipinski definition) is 1. The van der Waals surface area contributed by atoms with Crippen LogP contribution in [0.4, 0.5) is 0 Å². The van der Waals surface area contributed by atoms with Crippen molar-refractivity contribution in [1.29, 1.82) is 0 Å². The van der Waals surface area contributed by atoms with E-state index in [4.69, 9.17) is 55.6 Å². The van der Waals surface area contributed by atoms with Gasteiger partial charge in [0.25, 0.3) is 0 Å². The third-order valence-corrected chi connectivity index (χ3v) is 11.3. The van der Waals surface area contributed by atoms with Crippen LogP contribution in [0, 0.1) is 0 Å². The van der Waals surface area contributed by atoms with Crippen LogP contribution in [0.15, 0.2) is 121 Å². The van der Waals surface area contributed by atoms with E-state index in [0.717, 1.165) is 0 Å². The summed E-state index contributed by atoms with van der Waals surface area (Å²) in [5.41, 5.74) is 2.66. The first-order valence-corrected chi connectivity index (χ1v) is 21.0. The highest BCUT2D eigenvalue weighted by Crippen LogP contribution is 2.58. The predicted octanol–water partition coefficient (Wildman–Crippen LogP) is 7.18. The average Bonchev–Trinajstić information content (AvgIpc) is 3.25. The first-order valence-electron chi connectivity index (χ1n) is 18.1. The molecule has 1 aliphatic rings. The van der Waals surface area contributed by atoms with Crippen LogP contribution >= 0.6 is 15.6 Å². The van der Waals surface area contributed by atoms with Crippen molar-refractivity contribution in [2.45, 2.75) is 63.1 Å². The molecule has 4 aromatic rings. The molecule has 0 unspecified atom stereocenters. The smallest absolute Gasteiger partial charge is 0.387 e. The molecule has 0 saturated heterocycles. The molecule has 1 N–H and O–H groups in total. The van der Waals surface area contributed by atoms with Crippen molar-refractivity contribution in [2.75, 3.05) is 41.7 Å². The van der Waals surface area contributed by atoms with Gasteiger partial charge in [0.1, 0.15) is 57.0 Å². The molecule has 15 nitrogen and oxygen atoms in total. The van der Waals surface area contributed by atoms with E-state index in [0.29, 0.717) is 22.3 Å². The van der Waals surface area contributed by atoms with E-state index >= 15 is 0 Å². The van der Waals surface area contributed by atoms with Gasteiger partial charge in [0.05, 0.1) is 26.4 Å². The van der Waals surface area contributed by atoms with Crippen LogP contribution in [0.2, 0.25) is 0 Å². The molecule has 57 heavy (non-hydrogen) atoms. The van der Waals surface area contributed by atoms with Crippen LogP contribution in [0.5, 0.6) is 0 Å². The lowest BCUT2D eigenvalue weighted by atomic mass is 9.84. The number of benzene rings is 4. The van der Waals surface area contributed by atoms with Gasteiger partial charge in [-0.1, -0.05) is 121 Å². The summed E-state index contributed by atoms with van der Waals surface area (Å²) in [5.74, 6) is 0. The molecular weight excluding hydrogens is 782 g/mol. The summed E-state index contributed by atoms with van der Waals surface area (Å²) in [6.07, 6.45) is -9.01. The lowest BCUT2D eigenvalue weighted by Gasteiger charge is -2.48. The lowest BCUT2D eigenvalue weighted by Crippen LogP contribution is -2.66. The summed E-state index contributed by atoms with van der Waals surface area (Å²) in [4.78, 5) is 0. The Kier molecular flexibility index (Phi) is 18.5. The van der Waals surface area contributed by atoms with Crippen LogP contribution < -0.4 is 0 Å². The summed E-state index contributed by atoms with van der Waals surface area (Å²) in [6.45, 7) is -1.81. The molecule has 0 radical (unpaired) electrons. The van der Waals surface area contributed by atoms with Crippen LogP contribution in [-0.4, -0.2) is 83.4 Å². The van der Waals surface area contributed by atoms with Gasteiger partial charge >= 0.3 is 15.6 Å². The summed E-state index contributed by atoms with van der Waals surface area (Å²) in [5, 5.41) is 11.9. The fourth-order valence-corrected chi connectivity index (χ4v) is 8.50. The predicted molar refractivity (Wildman–Crippen MR) is 206 cm³/mol. The topological polar surface area (TPSA) is 165 Å². The number of phosphoric acid groups is 2. The summed E-state index contributed by atoms with van der Waals surface area (Å²) in [6, 6.07) is 35.9. The van der Waals surface area contributed by atoms with E-state index < -0.39 is 52.3 Å². The van der Waals surface area contributed by atoms with Gasteiger partial charge in [-0.15, -0.1) is 0 Å². The standard InChI is InChI=1S/C40H50O15P2/c1-44-28-47-36-35(41)37(48-29-45-2)39(54-56(42,50-24-31-16-8-4-9-17-31)51-25-32-18-10-5-11-19-32)40(38(36)49-30-46-3)55-57(43,52-26-33-20-12-6-13-21-33)53-27-34-22-14-7-15-23-34/h4-23,35-41H,24-30H2,1-3H3/t35-,36+,37+,38+,39-,40-/m0/s1. The van der Waals surface area contributed by atoms with Gasteiger partial charge in [-0.2, -0.15) is 0 Å². The fourth-order valence-electron chi connectivity index (χ4n) is 5.80. The molecule has 310 valence electrons. The minimum atomic E-state index is -4.67. The van der Waals surface area contributed by atoms with Crippen molar-refractivity contribution in [3.05, 3.63) is 144 Å². The van der Waals surface area contributed by atoms with Crippen LogP contribution in [0.25, 0.3) is 0 Å². The Morgan fingerprint density at radius 2 is 0.684 bits per heavy atom. The lowest BCUT2D eigenvalue weighted by molar-refractivity contribution is -0.281. The molecule has 0 aromatic heterocycles. The molecule has 0 bridgehead atoms. The third kappa shape index (κ3) is 14.0. The highest BCUT2D eigenvalue weighted by Gasteiger charge is 2.58. The van der Waals surface area contributed by atoms with Gasteiger partial charge in [0, 0.05) is 21.3 Å². The van der Waals surface area contributed by atoms with Crippen LogP contribution in [-0.2, 0) is 91.1 Å². The van der Waals surface area contributed by atoms with Gasteiger partial charge in [0.2, 0.25) is 0 Å². The number of aliphatic hydroxyl groups excluding tert-OH is 1. The Morgan fingerprint density at radius 3 is 0.982 bits per heavy atom. The Labute approximate surface area is 333 Å². The Balaban J connectivity index is 1.58. The number of methoxy groups -OCH3 is 3. The molecule has 1 fully saturated rings. The minimum Gasteiger partial charge on any atom is -0.387 e. The van der Waals surface area contributed by atoms with Crippen molar-refractivity contribution in [2.24, 2.45) is 0 Å². The molecule has 0 aliphatic heterocycles. The Bertz CT molecular complexity index is 1700. The van der Waals surface area contributed by atoms with Gasteiger partial charge < -0.3 is 33.5 Å². The van der Waals surface area contributed by atoms with E-state index in [-0.39, 0.29) is 46.8 Å². The number of ether oxygens (including phenoxy) is 6. The first kappa shape index (κ1) is 44.9. The Hall–Kier alpha value is -3.18. The second-order valence-electron chi connectivity index (χ2n) is 12.7. The molecule has 4 aromatic carbocycles. The highest BCUT2D eigenvalue weighted by atomic mass is 31.2. The molecule has 6 atom stereocenters. The number of phosphoric ester groups is 2. The maximum atomic E-state index is 15.0. The van der Waals surface area contributed by atoms with Gasteiger partial charge in [-0.25, -0.2) is 9.13 Å². The second kappa shape index (κ2) is 23.4. The fraction of sp³-hybridized carbons (Fsp3) is 0.400. The molecule has 0 amide bonds. The van der Waals surface area contributed by atoms with E-state index in [2.05, 4.69) is 0 Å². The zero-order valence-corrected chi connectivity index (χ0v) is 33.8. The van der Waals surface area contributed by atoms with Crippen LogP contribution in [0.3, 0.4) is 0 Å². The van der Waals surface area contributed by atoms with E-state index in [1.807, 2.05) is 24.3 Å². The quantitative estimate of drug-likeness (QED) is 0.0527. The molecule has 5 rings (SSSR count). The SMILES string of the molecule is COCO[C@H]1[C@H](OP(=O)(OCc2ccccc2)OCc2ccccc2)[C@@H](OP(=O)(OCc2ccccc2)OCc2ccccc2)[C@H](OCOC)[C@@H](O)[C@H]1OCOC. The van der Waals surface area contributed by atoms with E-state index in [9.17, 15) is 14.2 Å². The normalized spacial score (nSPS) is 21.4. The second-order valence-corrected chi connectivity index (χ2v) is 15.9. The van der Waals surface area contributed by atoms with Gasteiger partial charge in [-0.3, -0.25) is 27.1 Å². The number of hydrogen-bond acceptors (Lipinski definition) is 15. The van der Waals surface area contributed by atoms with E-state index in [1.54, 1.807) is 97.1 Å². The number of rotatable bonds is 25. The first-order chi connectivity index (χ1) is 27.8. The maximum Gasteiger partial charge on any atom is 0.475 e. The van der Waals surface area contributed by atoms with Crippen molar-refractivity contribution in [3.8, 4) is 0 Å². The maximum absolute atomic E-state index is 15.0. The summed E-state index contributed by atoms with van der Waals surface area (Å²) < 4.78 is 100.